The van der Waals surface area contributed by atoms with Crippen molar-refractivity contribution in [2.45, 2.75) is 25.8 Å². The Kier molecular flexibility index (Phi) is 3.35. The smallest absolute Gasteiger partial charge is 0.201 e. The molecular formula is C18H14ClFN4. The van der Waals surface area contributed by atoms with Crippen molar-refractivity contribution < 1.29 is 4.39 Å². The molecule has 3 aromatic rings. The second-order valence-electron chi connectivity index (χ2n) is 6.46. The van der Waals surface area contributed by atoms with Crippen molar-refractivity contribution in [3.63, 3.8) is 0 Å². The molecule has 0 saturated carbocycles. The van der Waals surface area contributed by atoms with E-state index in [1.165, 1.54) is 6.07 Å². The fourth-order valence-corrected chi connectivity index (χ4v) is 3.23. The molecule has 120 valence electrons. The van der Waals surface area contributed by atoms with E-state index in [0.29, 0.717) is 22.1 Å². The summed E-state index contributed by atoms with van der Waals surface area (Å²) in [6.07, 6.45) is 0.737. The molecule has 1 aliphatic rings. The molecule has 4 rings (SSSR count). The van der Waals surface area contributed by atoms with Crippen molar-refractivity contribution in [1.82, 2.24) is 15.2 Å². The molecule has 0 fully saturated rings. The van der Waals surface area contributed by atoms with Gasteiger partial charge < -0.3 is 0 Å². The van der Waals surface area contributed by atoms with Crippen LogP contribution in [0.1, 0.15) is 30.8 Å². The zero-order valence-corrected chi connectivity index (χ0v) is 14.0. The Morgan fingerprint density at radius 3 is 2.71 bits per heavy atom. The van der Waals surface area contributed by atoms with E-state index in [9.17, 15) is 4.39 Å². The molecule has 0 radical (unpaired) electrons. The molecule has 1 aliphatic heterocycles. The summed E-state index contributed by atoms with van der Waals surface area (Å²) in [5.41, 5.74) is 2.85. The molecule has 0 aliphatic carbocycles. The van der Waals surface area contributed by atoms with Gasteiger partial charge in [0.25, 0.3) is 0 Å². The third-order valence-electron chi connectivity index (χ3n) is 4.05. The first-order chi connectivity index (χ1) is 11.4. The SMILES string of the molecule is CC1(C)Cc2c(Cl)cccc2C(c2nnc3c(F)cccc3n2)=N1. The summed E-state index contributed by atoms with van der Waals surface area (Å²) in [5.74, 6) is -0.0576. The maximum Gasteiger partial charge on any atom is 0.201 e. The highest BCUT2D eigenvalue weighted by Gasteiger charge is 2.30. The van der Waals surface area contributed by atoms with Gasteiger partial charge in [-0.15, -0.1) is 10.2 Å². The Bertz CT molecular complexity index is 997. The van der Waals surface area contributed by atoms with E-state index < -0.39 is 5.82 Å². The molecule has 2 aromatic carbocycles. The van der Waals surface area contributed by atoms with Crippen LogP contribution in [0.15, 0.2) is 41.4 Å². The number of halogens is 2. The van der Waals surface area contributed by atoms with Gasteiger partial charge in [-0.2, -0.15) is 0 Å². The monoisotopic (exact) mass is 340 g/mol. The van der Waals surface area contributed by atoms with Gasteiger partial charge in [-0.25, -0.2) is 9.37 Å². The van der Waals surface area contributed by atoms with E-state index >= 15 is 0 Å². The maximum absolute atomic E-state index is 13.8. The van der Waals surface area contributed by atoms with Crippen molar-refractivity contribution in [3.05, 3.63) is 64.2 Å². The van der Waals surface area contributed by atoms with Crippen molar-refractivity contribution >= 4 is 28.3 Å². The lowest BCUT2D eigenvalue weighted by molar-refractivity contribution is 0.513. The normalized spacial score (nSPS) is 15.9. The number of fused-ring (bicyclic) bond motifs is 2. The van der Waals surface area contributed by atoms with Gasteiger partial charge in [0.15, 0.2) is 5.82 Å². The van der Waals surface area contributed by atoms with Crippen molar-refractivity contribution in [2.75, 3.05) is 0 Å². The molecule has 0 spiro atoms. The number of aromatic nitrogens is 3. The lowest BCUT2D eigenvalue weighted by Crippen LogP contribution is -2.30. The topological polar surface area (TPSA) is 51.0 Å². The summed E-state index contributed by atoms with van der Waals surface area (Å²) >= 11 is 6.38. The largest absolute Gasteiger partial charge is 0.274 e. The van der Waals surface area contributed by atoms with Crippen LogP contribution >= 0.6 is 11.6 Å². The predicted octanol–water partition coefficient (Wildman–Crippen LogP) is 3.99. The average Bonchev–Trinajstić information content (AvgIpc) is 2.54. The van der Waals surface area contributed by atoms with Crippen molar-refractivity contribution in [2.24, 2.45) is 4.99 Å². The van der Waals surface area contributed by atoms with Crippen LogP contribution in [0.4, 0.5) is 4.39 Å². The summed E-state index contributed by atoms with van der Waals surface area (Å²) in [7, 11) is 0. The Hall–Kier alpha value is -2.40. The number of nitrogens with zero attached hydrogens (tertiary/aromatic N) is 4. The first kappa shape index (κ1) is 15.1. The fourth-order valence-electron chi connectivity index (χ4n) is 2.99. The van der Waals surface area contributed by atoms with E-state index in [2.05, 4.69) is 15.2 Å². The van der Waals surface area contributed by atoms with Crippen LogP contribution in [0.25, 0.3) is 11.0 Å². The Balaban J connectivity index is 1.95. The van der Waals surface area contributed by atoms with Gasteiger partial charge in [0.2, 0.25) is 5.82 Å². The van der Waals surface area contributed by atoms with Gasteiger partial charge in [-0.05, 0) is 44.0 Å². The standard InChI is InChI=1S/C18H14ClFN4/c1-18(2)9-11-10(5-3-6-12(11)19)15(22-18)17-21-14-8-4-7-13(20)16(14)23-24-17/h3-8H,9H2,1-2H3. The summed E-state index contributed by atoms with van der Waals surface area (Å²) in [6, 6.07) is 10.4. The number of benzene rings is 2. The van der Waals surface area contributed by atoms with Gasteiger partial charge in [-0.3, -0.25) is 4.99 Å². The minimum Gasteiger partial charge on any atom is -0.274 e. The average molecular weight is 341 g/mol. The summed E-state index contributed by atoms with van der Waals surface area (Å²) in [6.45, 7) is 4.07. The molecule has 0 amide bonds. The number of aliphatic imine (C=N–C) groups is 1. The number of hydrogen-bond acceptors (Lipinski definition) is 4. The van der Waals surface area contributed by atoms with Crippen LogP contribution < -0.4 is 0 Å². The second-order valence-corrected chi connectivity index (χ2v) is 6.87. The molecular weight excluding hydrogens is 327 g/mol. The van der Waals surface area contributed by atoms with Gasteiger partial charge in [-0.1, -0.05) is 29.8 Å². The van der Waals surface area contributed by atoms with Gasteiger partial charge in [0, 0.05) is 10.6 Å². The Labute approximate surface area is 143 Å². The molecule has 0 unspecified atom stereocenters. The first-order valence-corrected chi connectivity index (χ1v) is 7.99. The van der Waals surface area contributed by atoms with Crippen LogP contribution in [0, 0.1) is 5.82 Å². The highest BCUT2D eigenvalue weighted by atomic mass is 35.5. The zero-order valence-electron chi connectivity index (χ0n) is 13.2. The third-order valence-corrected chi connectivity index (χ3v) is 4.40. The van der Waals surface area contributed by atoms with Crippen molar-refractivity contribution in [1.29, 1.82) is 0 Å². The van der Waals surface area contributed by atoms with E-state index in [1.54, 1.807) is 12.1 Å². The molecule has 4 nitrogen and oxygen atoms in total. The summed E-state index contributed by atoms with van der Waals surface area (Å²) < 4.78 is 13.8. The van der Waals surface area contributed by atoms with E-state index in [0.717, 1.165) is 17.5 Å². The van der Waals surface area contributed by atoms with E-state index in [1.807, 2.05) is 32.0 Å². The minimum absolute atomic E-state index is 0.156. The minimum atomic E-state index is -0.437. The fraction of sp³-hybridized carbons (Fsp3) is 0.222. The van der Waals surface area contributed by atoms with Crippen LogP contribution in [0.5, 0.6) is 0 Å². The van der Waals surface area contributed by atoms with Gasteiger partial charge in [0.1, 0.15) is 11.2 Å². The number of hydrogen-bond donors (Lipinski definition) is 0. The first-order valence-electron chi connectivity index (χ1n) is 7.61. The quantitative estimate of drug-likeness (QED) is 0.673. The molecule has 0 atom stereocenters. The van der Waals surface area contributed by atoms with E-state index in [4.69, 9.17) is 16.6 Å². The maximum atomic E-state index is 13.8. The third kappa shape index (κ3) is 2.45. The second kappa shape index (κ2) is 5.31. The van der Waals surface area contributed by atoms with E-state index in [-0.39, 0.29) is 11.1 Å². The molecule has 2 heterocycles. The summed E-state index contributed by atoms with van der Waals surface area (Å²) in [5, 5.41) is 8.81. The molecule has 0 bridgehead atoms. The molecule has 6 heteroatoms. The highest BCUT2D eigenvalue weighted by Crippen LogP contribution is 2.33. The van der Waals surface area contributed by atoms with Crippen LogP contribution in [-0.2, 0) is 6.42 Å². The van der Waals surface area contributed by atoms with Crippen molar-refractivity contribution in [3.8, 4) is 0 Å². The lowest BCUT2D eigenvalue weighted by atomic mass is 9.86. The molecule has 24 heavy (non-hydrogen) atoms. The van der Waals surface area contributed by atoms with Gasteiger partial charge >= 0.3 is 0 Å². The van der Waals surface area contributed by atoms with Gasteiger partial charge in [0.05, 0.1) is 11.1 Å². The predicted molar refractivity (Wildman–Crippen MR) is 92.2 cm³/mol. The van der Waals surface area contributed by atoms with Crippen LogP contribution in [0.2, 0.25) is 5.02 Å². The Morgan fingerprint density at radius 2 is 1.88 bits per heavy atom. The van der Waals surface area contributed by atoms with Crippen LogP contribution in [0.3, 0.4) is 0 Å². The molecule has 0 saturated heterocycles. The highest BCUT2D eigenvalue weighted by molar-refractivity contribution is 6.32. The lowest BCUT2D eigenvalue weighted by Gasteiger charge is -2.29. The zero-order chi connectivity index (χ0) is 16.9. The molecule has 0 N–H and O–H groups in total. The molecule has 1 aromatic heterocycles. The summed E-state index contributed by atoms with van der Waals surface area (Å²) in [4.78, 5) is 9.26. The number of rotatable bonds is 1. The Morgan fingerprint density at radius 1 is 1.08 bits per heavy atom. The van der Waals surface area contributed by atoms with Crippen LogP contribution in [-0.4, -0.2) is 26.4 Å².